The summed E-state index contributed by atoms with van der Waals surface area (Å²) < 4.78 is 5.49. The van der Waals surface area contributed by atoms with E-state index in [9.17, 15) is 4.79 Å². The van der Waals surface area contributed by atoms with E-state index in [1.165, 1.54) is 0 Å². The summed E-state index contributed by atoms with van der Waals surface area (Å²) in [6, 6.07) is 7.43. The maximum absolute atomic E-state index is 12.3. The van der Waals surface area contributed by atoms with Gasteiger partial charge < -0.3 is 14.7 Å². The van der Waals surface area contributed by atoms with E-state index in [1.807, 2.05) is 29.2 Å². The van der Waals surface area contributed by atoms with Gasteiger partial charge in [0.2, 0.25) is 0 Å². The first-order chi connectivity index (χ1) is 9.74. The molecule has 0 bridgehead atoms. The number of aliphatic hydroxyl groups is 1. The predicted octanol–water partition coefficient (Wildman–Crippen LogP) is 2.04. The van der Waals surface area contributed by atoms with E-state index in [-0.39, 0.29) is 18.6 Å². The smallest absolute Gasteiger partial charge is 0.253 e. The molecule has 1 N–H and O–H groups in total. The van der Waals surface area contributed by atoms with E-state index < -0.39 is 0 Å². The molecule has 0 saturated carbocycles. The lowest BCUT2D eigenvalue weighted by atomic mass is 10.1. The molecule has 20 heavy (non-hydrogen) atoms. The van der Waals surface area contributed by atoms with Gasteiger partial charge in [-0.1, -0.05) is 12.1 Å². The molecule has 2 rings (SSSR count). The first kappa shape index (κ1) is 15.3. The lowest BCUT2D eigenvalue weighted by Gasteiger charge is -2.32. The second-order valence-corrected chi connectivity index (χ2v) is 5.18. The summed E-state index contributed by atoms with van der Waals surface area (Å²) >= 11 is 5.74. The summed E-state index contributed by atoms with van der Waals surface area (Å²) in [6.45, 7) is 1.82. The highest BCUT2D eigenvalue weighted by Gasteiger charge is 2.23. The highest BCUT2D eigenvalue weighted by molar-refractivity contribution is 6.17. The van der Waals surface area contributed by atoms with Crippen molar-refractivity contribution in [2.75, 3.05) is 26.3 Å². The average Bonchev–Trinajstić information content (AvgIpc) is 2.53. The number of hydrogen-bond acceptors (Lipinski definition) is 3. The van der Waals surface area contributed by atoms with Gasteiger partial charge >= 0.3 is 0 Å². The number of alkyl halides is 1. The number of rotatable bonds is 5. The highest BCUT2D eigenvalue weighted by Crippen LogP contribution is 2.17. The van der Waals surface area contributed by atoms with Crippen LogP contribution in [0.4, 0.5) is 0 Å². The van der Waals surface area contributed by atoms with Gasteiger partial charge in [0.05, 0.1) is 19.3 Å². The number of nitrogens with zero attached hydrogens (tertiary/aromatic N) is 1. The zero-order valence-corrected chi connectivity index (χ0v) is 12.2. The molecule has 1 aromatic carbocycles. The van der Waals surface area contributed by atoms with Crippen LogP contribution in [0.5, 0.6) is 0 Å². The summed E-state index contributed by atoms with van der Waals surface area (Å²) in [6.07, 6.45) is 1.81. The molecule has 4 nitrogen and oxygen atoms in total. The van der Waals surface area contributed by atoms with E-state index in [2.05, 4.69) is 0 Å². The molecule has 0 radical (unpaired) electrons. The first-order valence-corrected chi connectivity index (χ1v) is 7.44. The third-order valence-corrected chi connectivity index (χ3v) is 3.84. The van der Waals surface area contributed by atoms with Crippen molar-refractivity contribution in [1.29, 1.82) is 0 Å². The number of halogens is 1. The van der Waals surface area contributed by atoms with Crippen LogP contribution in [0.25, 0.3) is 0 Å². The topological polar surface area (TPSA) is 49.8 Å². The highest BCUT2D eigenvalue weighted by atomic mass is 35.5. The van der Waals surface area contributed by atoms with Gasteiger partial charge in [-0.05, 0) is 30.5 Å². The van der Waals surface area contributed by atoms with Gasteiger partial charge in [0.15, 0.2) is 0 Å². The van der Waals surface area contributed by atoms with Gasteiger partial charge in [0.25, 0.3) is 5.91 Å². The number of carbonyl (C=O) groups excluding carboxylic acids is 1. The van der Waals surface area contributed by atoms with Crippen molar-refractivity contribution in [2.24, 2.45) is 0 Å². The molecular formula is C15H20ClNO3. The van der Waals surface area contributed by atoms with Crippen molar-refractivity contribution in [3.05, 3.63) is 35.4 Å². The first-order valence-electron chi connectivity index (χ1n) is 6.91. The molecule has 1 aliphatic heterocycles. The Balaban J connectivity index is 1.87. The Morgan fingerprint density at radius 2 is 1.95 bits per heavy atom. The Morgan fingerprint density at radius 3 is 2.50 bits per heavy atom. The van der Waals surface area contributed by atoms with E-state index >= 15 is 0 Å². The molecule has 0 aliphatic carbocycles. The van der Waals surface area contributed by atoms with Gasteiger partial charge in [-0.25, -0.2) is 0 Å². The van der Waals surface area contributed by atoms with Crippen LogP contribution >= 0.6 is 11.6 Å². The van der Waals surface area contributed by atoms with Gasteiger partial charge in [-0.2, -0.15) is 0 Å². The van der Waals surface area contributed by atoms with Crippen molar-refractivity contribution < 1.29 is 14.6 Å². The molecule has 1 saturated heterocycles. The Kier molecular flexibility index (Phi) is 5.83. The molecule has 0 aromatic heterocycles. The number of aliphatic hydroxyl groups excluding tert-OH is 1. The summed E-state index contributed by atoms with van der Waals surface area (Å²) in [5.41, 5.74) is 1.72. The molecule has 0 atom stereocenters. The number of hydrogen-bond donors (Lipinski definition) is 1. The van der Waals surface area contributed by atoms with Crippen LogP contribution in [0, 0.1) is 0 Å². The van der Waals surface area contributed by atoms with Gasteiger partial charge in [-0.3, -0.25) is 4.79 Å². The van der Waals surface area contributed by atoms with Crippen LogP contribution in [0.2, 0.25) is 0 Å². The molecule has 1 heterocycles. The summed E-state index contributed by atoms with van der Waals surface area (Å²) in [4.78, 5) is 14.2. The summed E-state index contributed by atoms with van der Waals surface area (Å²) in [5, 5.41) is 8.73. The van der Waals surface area contributed by atoms with Crippen LogP contribution in [0.3, 0.4) is 0 Å². The predicted molar refractivity (Wildman–Crippen MR) is 78.0 cm³/mol. The second kappa shape index (κ2) is 7.62. The Bertz CT molecular complexity index is 427. The van der Waals surface area contributed by atoms with Crippen LogP contribution < -0.4 is 0 Å². The lowest BCUT2D eigenvalue weighted by Crippen LogP contribution is -2.41. The largest absolute Gasteiger partial charge is 0.394 e. The normalized spacial score (nSPS) is 16.4. The minimum atomic E-state index is 0.0477. The molecule has 1 aromatic rings. The van der Waals surface area contributed by atoms with Crippen LogP contribution in [0.15, 0.2) is 24.3 Å². The molecular weight excluding hydrogens is 278 g/mol. The van der Waals surface area contributed by atoms with Gasteiger partial charge in [-0.15, -0.1) is 11.6 Å². The third-order valence-electron chi connectivity index (χ3n) is 3.53. The fourth-order valence-corrected chi connectivity index (χ4v) is 2.54. The van der Waals surface area contributed by atoms with Crippen molar-refractivity contribution in [3.63, 3.8) is 0 Å². The Hall–Kier alpha value is -1.10. The SMILES string of the molecule is O=C(c1ccc(CCl)cc1)N1CCC(OCCO)CC1. The number of amides is 1. The fourth-order valence-electron chi connectivity index (χ4n) is 2.36. The van der Waals surface area contributed by atoms with Crippen molar-refractivity contribution >= 4 is 17.5 Å². The second-order valence-electron chi connectivity index (χ2n) is 4.92. The third kappa shape index (κ3) is 3.95. The quantitative estimate of drug-likeness (QED) is 0.846. The van der Waals surface area contributed by atoms with Crippen molar-refractivity contribution in [1.82, 2.24) is 4.90 Å². The van der Waals surface area contributed by atoms with Crippen molar-refractivity contribution in [3.8, 4) is 0 Å². The number of ether oxygens (including phenoxy) is 1. The molecule has 0 spiro atoms. The van der Waals surface area contributed by atoms with E-state index in [0.29, 0.717) is 31.1 Å². The number of likely N-dealkylation sites (tertiary alicyclic amines) is 1. The molecule has 110 valence electrons. The summed E-state index contributed by atoms with van der Waals surface area (Å²) in [7, 11) is 0. The molecule has 1 fully saturated rings. The zero-order chi connectivity index (χ0) is 14.4. The van der Waals surface area contributed by atoms with Crippen LogP contribution in [0.1, 0.15) is 28.8 Å². The summed E-state index contributed by atoms with van der Waals surface area (Å²) in [5.74, 6) is 0.522. The Labute approximate surface area is 124 Å². The van der Waals surface area contributed by atoms with Crippen LogP contribution in [-0.2, 0) is 10.6 Å². The minimum Gasteiger partial charge on any atom is -0.394 e. The Morgan fingerprint density at radius 1 is 1.30 bits per heavy atom. The van der Waals surface area contributed by atoms with E-state index in [4.69, 9.17) is 21.4 Å². The average molecular weight is 298 g/mol. The molecule has 5 heteroatoms. The van der Waals surface area contributed by atoms with E-state index in [1.54, 1.807) is 0 Å². The molecule has 1 amide bonds. The minimum absolute atomic E-state index is 0.0477. The van der Waals surface area contributed by atoms with Crippen molar-refractivity contribution in [2.45, 2.75) is 24.8 Å². The van der Waals surface area contributed by atoms with E-state index in [0.717, 1.165) is 18.4 Å². The standard InChI is InChI=1S/C15H20ClNO3/c16-11-12-1-3-13(4-2-12)15(19)17-7-5-14(6-8-17)20-10-9-18/h1-4,14,18H,5-11H2. The molecule has 0 unspecified atom stereocenters. The number of benzene rings is 1. The lowest BCUT2D eigenvalue weighted by molar-refractivity contribution is -0.00554. The molecule has 1 aliphatic rings. The fraction of sp³-hybridized carbons (Fsp3) is 0.533. The number of carbonyl (C=O) groups is 1. The monoisotopic (exact) mass is 297 g/mol. The zero-order valence-electron chi connectivity index (χ0n) is 11.4. The maximum Gasteiger partial charge on any atom is 0.253 e. The van der Waals surface area contributed by atoms with Gasteiger partial charge in [0.1, 0.15) is 0 Å². The van der Waals surface area contributed by atoms with Gasteiger partial charge in [0, 0.05) is 24.5 Å². The maximum atomic E-state index is 12.3. The number of piperidine rings is 1. The van der Waals surface area contributed by atoms with Crippen LogP contribution in [-0.4, -0.2) is 48.3 Å².